The van der Waals surface area contributed by atoms with Gasteiger partial charge < -0.3 is 14.0 Å². The smallest absolute Gasteiger partial charge is 0.349 e. The van der Waals surface area contributed by atoms with Crippen LogP contribution in [0.15, 0.2) is 29.8 Å². The van der Waals surface area contributed by atoms with E-state index in [-0.39, 0.29) is 12.2 Å². The van der Waals surface area contributed by atoms with E-state index in [1.54, 1.807) is 13.2 Å². The first-order valence-corrected chi connectivity index (χ1v) is 9.36. The molecule has 148 valence electrons. The third kappa shape index (κ3) is 5.04. The summed E-state index contributed by atoms with van der Waals surface area (Å²) in [4.78, 5) is 12.5. The molecule has 2 rings (SSSR count). The van der Waals surface area contributed by atoms with Gasteiger partial charge in [0.2, 0.25) is 0 Å². The Kier molecular flexibility index (Phi) is 7.06. The number of esters is 1. The van der Waals surface area contributed by atoms with Gasteiger partial charge in [-0.1, -0.05) is 25.5 Å². The minimum absolute atomic E-state index is 0.0172. The highest BCUT2D eigenvalue weighted by molar-refractivity contribution is 5.98. The summed E-state index contributed by atoms with van der Waals surface area (Å²) >= 11 is 0. The van der Waals surface area contributed by atoms with E-state index >= 15 is 0 Å². The molecule has 0 saturated carbocycles. The van der Waals surface area contributed by atoms with E-state index in [0.29, 0.717) is 11.7 Å². The van der Waals surface area contributed by atoms with Crippen molar-refractivity contribution in [1.82, 2.24) is 4.57 Å². The molecule has 5 heteroatoms. The van der Waals surface area contributed by atoms with Gasteiger partial charge in [0.1, 0.15) is 24.0 Å². The van der Waals surface area contributed by atoms with Crippen LogP contribution in [-0.4, -0.2) is 17.6 Å². The normalized spacial score (nSPS) is 11.4. The molecule has 0 spiro atoms. The third-order valence-electron chi connectivity index (χ3n) is 4.60. The van der Waals surface area contributed by atoms with Crippen molar-refractivity contribution in [3.8, 4) is 11.8 Å². The fourth-order valence-corrected chi connectivity index (χ4v) is 3.15. The zero-order valence-electron chi connectivity index (χ0n) is 17.5. The number of hydrogen-bond donors (Lipinski definition) is 0. The van der Waals surface area contributed by atoms with Crippen LogP contribution in [-0.2, 0) is 22.7 Å². The first-order chi connectivity index (χ1) is 13.3. The van der Waals surface area contributed by atoms with Crippen LogP contribution in [0.5, 0.6) is 5.75 Å². The van der Waals surface area contributed by atoms with Crippen molar-refractivity contribution in [2.24, 2.45) is 5.92 Å². The summed E-state index contributed by atoms with van der Waals surface area (Å²) in [6.07, 6.45) is 1.61. The molecule has 28 heavy (non-hydrogen) atoms. The fraction of sp³-hybridized carbons (Fsp3) is 0.391. The maximum Gasteiger partial charge on any atom is 0.349 e. The number of methoxy groups -OCH3 is 1. The van der Waals surface area contributed by atoms with E-state index in [0.717, 1.165) is 34.6 Å². The Hall–Kier alpha value is -3.00. The van der Waals surface area contributed by atoms with Crippen LogP contribution >= 0.6 is 0 Å². The number of ether oxygens (including phenoxy) is 2. The molecule has 0 saturated heterocycles. The molecule has 0 unspecified atom stereocenters. The van der Waals surface area contributed by atoms with Crippen LogP contribution < -0.4 is 4.74 Å². The summed E-state index contributed by atoms with van der Waals surface area (Å²) in [6.45, 7) is 11.2. The Balaban J connectivity index is 2.21. The van der Waals surface area contributed by atoms with Gasteiger partial charge in [-0.2, -0.15) is 5.26 Å². The minimum Gasteiger partial charge on any atom is -0.496 e. The molecule has 0 fully saturated rings. The minimum atomic E-state index is -0.639. The molecule has 0 amide bonds. The van der Waals surface area contributed by atoms with E-state index in [2.05, 4.69) is 18.4 Å². The summed E-state index contributed by atoms with van der Waals surface area (Å²) < 4.78 is 12.9. The van der Waals surface area contributed by atoms with Crippen LogP contribution in [0.3, 0.4) is 0 Å². The van der Waals surface area contributed by atoms with E-state index in [1.807, 2.05) is 51.1 Å². The Morgan fingerprint density at radius 3 is 2.57 bits per heavy atom. The van der Waals surface area contributed by atoms with Crippen molar-refractivity contribution in [2.75, 3.05) is 7.11 Å². The summed E-state index contributed by atoms with van der Waals surface area (Å²) in [7, 11) is 1.57. The predicted octanol–water partition coefficient (Wildman–Crippen LogP) is 4.73. The van der Waals surface area contributed by atoms with Crippen molar-refractivity contribution in [1.29, 1.82) is 5.26 Å². The molecule has 2 aromatic rings. The topological polar surface area (TPSA) is 64.2 Å². The van der Waals surface area contributed by atoms with Crippen LogP contribution in [0.4, 0.5) is 0 Å². The molecule has 0 aliphatic rings. The zero-order valence-corrected chi connectivity index (χ0v) is 17.5. The van der Waals surface area contributed by atoms with Crippen LogP contribution in [0.2, 0.25) is 0 Å². The second kappa shape index (κ2) is 9.27. The molecule has 1 aromatic heterocycles. The van der Waals surface area contributed by atoms with Crippen LogP contribution in [0.25, 0.3) is 6.08 Å². The van der Waals surface area contributed by atoms with E-state index in [4.69, 9.17) is 9.47 Å². The van der Waals surface area contributed by atoms with Gasteiger partial charge in [-0.15, -0.1) is 0 Å². The fourth-order valence-electron chi connectivity index (χ4n) is 3.15. The number of rotatable bonds is 7. The molecule has 0 aliphatic heterocycles. The number of carbonyl (C=O) groups is 1. The lowest BCUT2D eigenvalue weighted by molar-refractivity contribution is -0.139. The molecule has 1 aromatic carbocycles. The van der Waals surface area contributed by atoms with Gasteiger partial charge in [-0.05, 0) is 56.5 Å². The lowest BCUT2D eigenvalue weighted by Crippen LogP contribution is -2.08. The molecule has 0 aliphatic carbocycles. The summed E-state index contributed by atoms with van der Waals surface area (Å²) in [5.74, 6) is 0.518. The third-order valence-corrected chi connectivity index (χ3v) is 4.60. The molecule has 1 heterocycles. The Labute approximate surface area is 167 Å². The summed E-state index contributed by atoms with van der Waals surface area (Å²) in [6, 6.07) is 9.63. The van der Waals surface area contributed by atoms with Gasteiger partial charge in [-0.3, -0.25) is 0 Å². The monoisotopic (exact) mass is 380 g/mol. The van der Waals surface area contributed by atoms with Gasteiger partial charge in [0.15, 0.2) is 0 Å². The van der Waals surface area contributed by atoms with Crippen LogP contribution in [0, 0.1) is 38.0 Å². The van der Waals surface area contributed by atoms with E-state index in [9.17, 15) is 10.1 Å². The molecule has 0 bridgehead atoms. The van der Waals surface area contributed by atoms with E-state index < -0.39 is 5.97 Å². The van der Waals surface area contributed by atoms with Gasteiger partial charge in [0, 0.05) is 23.5 Å². The van der Waals surface area contributed by atoms with Crippen molar-refractivity contribution in [3.63, 3.8) is 0 Å². The van der Waals surface area contributed by atoms with Crippen molar-refractivity contribution >= 4 is 12.0 Å². The molecule has 0 N–H and O–H groups in total. The first-order valence-electron chi connectivity index (χ1n) is 9.36. The second-order valence-corrected chi connectivity index (χ2v) is 7.39. The average Bonchev–Trinajstić information content (AvgIpc) is 2.91. The number of aromatic nitrogens is 1. The highest BCUT2D eigenvalue weighted by atomic mass is 16.5. The number of nitrogens with zero attached hydrogens (tertiary/aromatic N) is 2. The van der Waals surface area contributed by atoms with Gasteiger partial charge in [0.25, 0.3) is 0 Å². The number of nitriles is 1. The first kappa shape index (κ1) is 21.3. The number of aryl methyl sites for hydroxylation is 2. The molecule has 0 atom stereocenters. The largest absolute Gasteiger partial charge is 0.496 e. The lowest BCUT2D eigenvalue weighted by atomic mass is 10.1. The van der Waals surface area contributed by atoms with Gasteiger partial charge in [-0.25, -0.2) is 4.79 Å². The number of hydrogen-bond acceptors (Lipinski definition) is 4. The van der Waals surface area contributed by atoms with Gasteiger partial charge >= 0.3 is 5.97 Å². The maximum atomic E-state index is 12.5. The van der Waals surface area contributed by atoms with Crippen molar-refractivity contribution in [2.45, 2.75) is 47.8 Å². The number of benzene rings is 1. The SMILES string of the molecule is COc1ccc(C)cc1COC(=O)/C(C#N)=C/c1cc(C)n(CC(C)C)c1C. The lowest BCUT2D eigenvalue weighted by Gasteiger charge is -2.12. The zero-order chi connectivity index (χ0) is 20.8. The number of carbonyl (C=O) groups excluding carboxylic acids is 1. The maximum absolute atomic E-state index is 12.5. The molecular weight excluding hydrogens is 352 g/mol. The van der Waals surface area contributed by atoms with E-state index in [1.165, 1.54) is 0 Å². The standard InChI is InChI=1S/C23H28N2O3/c1-15(2)13-25-17(4)10-19(18(25)5)11-20(12-24)23(26)28-14-21-9-16(3)7-8-22(21)27-6/h7-11,15H,13-14H2,1-6H3/b20-11+. The Morgan fingerprint density at radius 1 is 1.25 bits per heavy atom. The predicted molar refractivity (Wildman–Crippen MR) is 110 cm³/mol. The molecule has 5 nitrogen and oxygen atoms in total. The summed E-state index contributed by atoms with van der Waals surface area (Å²) in [5.41, 5.74) is 4.79. The quantitative estimate of drug-likeness (QED) is 0.396. The van der Waals surface area contributed by atoms with Gasteiger partial charge in [0.05, 0.1) is 7.11 Å². The molecular formula is C23H28N2O3. The highest BCUT2D eigenvalue weighted by Gasteiger charge is 2.15. The Bertz CT molecular complexity index is 930. The average molecular weight is 380 g/mol. The van der Waals surface area contributed by atoms with Crippen molar-refractivity contribution in [3.05, 3.63) is 57.9 Å². The highest BCUT2D eigenvalue weighted by Crippen LogP contribution is 2.22. The van der Waals surface area contributed by atoms with Crippen molar-refractivity contribution < 1.29 is 14.3 Å². The Morgan fingerprint density at radius 2 is 1.96 bits per heavy atom. The summed E-state index contributed by atoms with van der Waals surface area (Å²) in [5, 5.41) is 9.46. The van der Waals surface area contributed by atoms with Crippen LogP contribution in [0.1, 0.15) is 41.9 Å². The molecule has 0 radical (unpaired) electrons. The second-order valence-electron chi connectivity index (χ2n) is 7.39.